The van der Waals surface area contributed by atoms with E-state index in [1.165, 1.54) is 55.7 Å². The van der Waals surface area contributed by atoms with E-state index in [0.717, 1.165) is 11.3 Å². The van der Waals surface area contributed by atoms with Crippen molar-refractivity contribution in [3.63, 3.8) is 0 Å². The van der Waals surface area contributed by atoms with Gasteiger partial charge in [0.05, 0.1) is 16.0 Å². The second kappa shape index (κ2) is 12.5. The fraction of sp³-hybridized carbons (Fsp3) is 0.200. The van der Waals surface area contributed by atoms with E-state index in [1.807, 2.05) is 0 Å². The molecule has 0 aliphatic carbocycles. The summed E-state index contributed by atoms with van der Waals surface area (Å²) >= 11 is 1.12. The molecule has 0 atom stereocenters. The molecule has 0 unspecified atom stereocenters. The van der Waals surface area contributed by atoms with Crippen LogP contribution in [0.4, 0.5) is 9.18 Å². The Morgan fingerprint density at radius 3 is 2.83 bits per heavy atom. The van der Waals surface area contributed by atoms with Crippen molar-refractivity contribution in [2.24, 2.45) is 0 Å². The highest BCUT2D eigenvalue weighted by Gasteiger charge is 2.20. The molecule has 188 valence electrons. The Morgan fingerprint density at radius 1 is 1.33 bits per heavy atom. The van der Waals surface area contributed by atoms with Crippen LogP contribution < -0.4 is 15.7 Å². The van der Waals surface area contributed by atoms with Gasteiger partial charge in [-0.1, -0.05) is 17.4 Å². The fourth-order valence-electron chi connectivity index (χ4n) is 2.96. The molecular formula is C25H23FN2O7S. The SMILES string of the molecule is [2H]C([2H])([2H])OC(=O)N/C=C/CCCc1cc(O)c(C(=O)C(C)=Cc2cnc(Oc3ccc(F)cc3)s2)c(=O)o1. The molecule has 11 heteroatoms. The average Bonchev–Trinajstić information content (AvgIpc) is 3.27. The number of methoxy groups -OCH3 is 1. The molecule has 0 aliphatic rings. The molecule has 0 saturated carbocycles. The predicted octanol–water partition coefficient (Wildman–Crippen LogP) is 5.21. The highest BCUT2D eigenvalue weighted by atomic mass is 32.1. The first-order valence-corrected chi connectivity index (χ1v) is 11.4. The topological polar surface area (TPSA) is 128 Å². The molecule has 2 aromatic heterocycles. The number of hydrogen-bond donors (Lipinski definition) is 2. The standard InChI is InChI=1S/C25H23FN2O7S/c1-15(12-19-14-28-25(36-19)35-17-9-7-16(26)8-10-17)22(30)21-20(29)13-18(34-23(21)31)6-4-3-5-11-27-24(32)33-2/h5,7-14,29H,3-4,6H2,1-2H3,(H,27,32)/b11-5+,15-12?/i2D3. The first-order valence-electron chi connectivity index (χ1n) is 12.0. The number of Topliss-reactive ketones (excluding diaryl/α,β-unsaturated/α-hetero) is 1. The Balaban J connectivity index is 1.57. The van der Waals surface area contributed by atoms with Crippen molar-refractivity contribution in [3.8, 4) is 16.7 Å². The third kappa shape index (κ3) is 7.37. The number of nitrogens with zero attached hydrogens (tertiary/aromatic N) is 1. The van der Waals surface area contributed by atoms with Crippen LogP contribution in [0.5, 0.6) is 16.7 Å². The summed E-state index contributed by atoms with van der Waals surface area (Å²) in [5.41, 5.74) is -1.34. The van der Waals surface area contributed by atoms with E-state index < -0.39 is 41.7 Å². The second-order valence-corrected chi connectivity index (χ2v) is 8.35. The van der Waals surface area contributed by atoms with Crippen molar-refractivity contribution >= 4 is 29.3 Å². The lowest BCUT2D eigenvalue weighted by atomic mass is 10.0. The fourth-order valence-corrected chi connectivity index (χ4v) is 3.74. The zero-order valence-corrected chi connectivity index (χ0v) is 19.8. The van der Waals surface area contributed by atoms with Gasteiger partial charge in [-0.2, -0.15) is 0 Å². The smallest absolute Gasteiger partial charge is 0.410 e. The number of aromatic hydroxyl groups is 1. The monoisotopic (exact) mass is 517 g/mol. The number of carbonyl (C=O) groups excluding carboxylic acids is 2. The Morgan fingerprint density at radius 2 is 2.11 bits per heavy atom. The molecule has 9 nitrogen and oxygen atoms in total. The van der Waals surface area contributed by atoms with E-state index in [2.05, 4.69) is 15.0 Å². The predicted molar refractivity (Wildman–Crippen MR) is 131 cm³/mol. The summed E-state index contributed by atoms with van der Waals surface area (Å²) in [7, 11) is -2.84. The molecule has 3 aromatic rings. The van der Waals surface area contributed by atoms with E-state index in [4.69, 9.17) is 13.3 Å². The Labute approximate surface area is 213 Å². The summed E-state index contributed by atoms with van der Waals surface area (Å²) in [5.74, 6) is -1.10. The molecule has 1 aromatic carbocycles. The summed E-state index contributed by atoms with van der Waals surface area (Å²) in [6.45, 7) is 1.48. The van der Waals surface area contributed by atoms with E-state index in [9.17, 15) is 23.9 Å². The largest absolute Gasteiger partial charge is 0.507 e. The maximum Gasteiger partial charge on any atom is 0.410 e. The highest BCUT2D eigenvalue weighted by Crippen LogP contribution is 2.28. The number of benzene rings is 1. The van der Waals surface area contributed by atoms with Gasteiger partial charge in [0.2, 0.25) is 0 Å². The number of rotatable bonds is 10. The van der Waals surface area contributed by atoms with Gasteiger partial charge in [0.15, 0.2) is 5.78 Å². The number of thiazole rings is 1. The molecule has 2 heterocycles. The number of hydrogen-bond acceptors (Lipinski definition) is 9. The molecular weight excluding hydrogens is 491 g/mol. The maximum atomic E-state index is 13.0. The van der Waals surface area contributed by atoms with Crippen LogP contribution in [0.25, 0.3) is 6.08 Å². The van der Waals surface area contributed by atoms with Gasteiger partial charge < -0.3 is 19.0 Å². The number of unbranched alkanes of at least 4 members (excludes halogenated alkanes) is 1. The van der Waals surface area contributed by atoms with Gasteiger partial charge in [-0.15, -0.1) is 0 Å². The first-order chi connectivity index (χ1) is 18.4. The lowest BCUT2D eigenvalue weighted by molar-refractivity contribution is 0.102. The van der Waals surface area contributed by atoms with E-state index >= 15 is 0 Å². The van der Waals surface area contributed by atoms with Crippen molar-refractivity contribution in [1.82, 2.24) is 10.3 Å². The molecule has 2 N–H and O–H groups in total. The third-order valence-corrected chi connectivity index (χ3v) is 5.47. The van der Waals surface area contributed by atoms with Gasteiger partial charge in [-0.25, -0.2) is 19.0 Å². The third-order valence-electron chi connectivity index (χ3n) is 4.65. The molecule has 0 bridgehead atoms. The molecule has 0 fully saturated rings. The van der Waals surface area contributed by atoms with Gasteiger partial charge in [-0.3, -0.25) is 10.1 Å². The van der Waals surface area contributed by atoms with Crippen molar-refractivity contribution < 1.29 is 37.1 Å². The number of ether oxygens (including phenoxy) is 2. The Kier molecular flexibility index (Phi) is 7.69. The summed E-state index contributed by atoms with van der Waals surface area (Å²) in [5, 5.41) is 12.8. The van der Waals surface area contributed by atoms with Crippen molar-refractivity contribution in [1.29, 1.82) is 0 Å². The zero-order chi connectivity index (χ0) is 28.6. The van der Waals surface area contributed by atoms with Crippen LogP contribution in [0.3, 0.4) is 0 Å². The van der Waals surface area contributed by atoms with Crippen LogP contribution >= 0.6 is 11.3 Å². The van der Waals surface area contributed by atoms with Gasteiger partial charge in [0, 0.05) is 24.9 Å². The van der Waals surface area contributed by atoms with Crippen LogP contribution in [0.15, 0.2) is 63.6 Å². The van der Waals surface area contributed by atoms with Crippen molar-refractivity contribution in [2.45, 2.75) is 26.2 Å². The number of alkyl carbamates (subject to hydrolysis) is 1. The van der Waals surface area contributed by atoms with E-state index in [1.54, 1.807) is 6.08 Å². The van der Waals surface area contributed by atoms with Gasteiger partial charge >= 0.3 is 11.7 Å². The number of halogens is 1. The summed E-state index contributed by atoms with van der Waals surface area (Å²) in [4.78, 5) is 41.2. The quantitative estimate of drug-likeness (QED) is 0.213. The van der Waals surface area contributed by atoms with E-state index in [-0.39, 0.29) is 22.9 Å². The number of aromatic nitrogens is 1. The van der Waals surface area contributed by atoms with Crippen LogP contribution in [0.2, 0.25) is 0 Å². The van der Waals surface area contributed by atoms with Gasteiger partial charge in [0.25, 0.3) is 5.19 Å². The van der Waals surface area contributed by atoms with Gasteiger partial charge in [0.1, 0.15) is 28.6 Å². The lowest BCUT2D eigenvalue weighted by Crippen LogP contribution is -2.16. The van der Waals surface area contributed by atoms with Crippen LogP contribution in [0.1, 0.15) is 44.9 Å². The number of ketones is 1. The molecule has 0 aliphatic heterocycles. The number of carbonyl (C=O) groups is 2. The Hall–Kier alpha value is -4.25. The summed E-state index contributed by atoms with van der Waals surface area (Å²) < 4.78 is 48.4. The minimum absolute atomic E-state index is 0.150. The summed E-state index contributed by atoms with van der Waals surface area (Å²) in [6.07, 6.45) is 5.71. The molecule has 0 saturated heterocycles. The number of aryl methyl sites for hydroxylation is 1. The lowest BCUT2D eigenvalue weighted by Gasteiger charge is -2.05. The van der Waals surface area contributed by atoms with Crippen LogP contribution in [-0.2, 0) is 11.2 Å². The van der Waals surface area contributed by atoms with Crippen molar-refractivity contribution in [3.05, 3.63) is 86.8 Å². The van der Waals surface area contributed by atoms with Crippen molar-refractivity contribution in [2.75, 3.05) is 7.04 Å². The highest BCUT2D eigenvalue weighted by molar-refractivity contribution is 7.14. The van der Waals surface area contributed by atoms with E-state index in [0.29, 0.717) is 23.5 Å². The zero-order valence-electron chi connectivity index (χ0n) is 21.9. The number of amides is 1. The number of allylic oxidation sites excluding steroid dienone is 2. The minimum Gasteiger partial charge on any atom is -0.507 e. The van der Waals surface area contributed by atoms with Gasteiger partial charge in [-0.05, 0) is 55.7 Å². The number of nitrogens with one attached hydrogen (secondary N) is 1. The van der Waals surface area contributed by atoms with Crippen LogP contribution in [-0.4, -0.2) is 29.0 Å². The molecule has 0 spiro atoms. The summed E-state index contributed by atoms with van der Waals surface area (Å²) in [6, 6.07) is 6.59. The first kappa shape index (κ1) is 22.2. The van der Waals surface area contributed by atoms with Crippen LogP contribution in [0, 0.1) is 5.82 Å². The minimum atomic E-state index is -2.84. The normalized spacial score (nSPS) is 13.1. The average molecular weight is 518 g/mol. The maximum absolute atomic E-state index is 13.0. The second-order valence-electron chi connectivity index (χ2n) is 7.33. The molecule has 1 amide bonds. The molecule has 36 heavy (non-hydrogen) atoms. The Bertz CT molecular complexity index is 1450. The molecule has 3 rings (SSSR count). The molecule has 0 radical (unpaired) electrons.